The fourth-order valence-electron chi connectivity index (χ4n) is 2.13. The Morgan fingerprint density at radius 2 is 2.19 bits per heavy atom. The number of hydrogen-bond donors (Lipinski definition) is 1. The first kappa shape index (κ1) is 16.0. The van der Waals surface area contributed by atoms with Crippen LogP contribution in [0.4, 0.5) is 4.79 Å². The third-order valence-corrected chi connectivity index (χ3v) is 3.44. The predicted molar refractivity (Wildman–Crippen MR) is 80.1 cm³/mol. The molecule has 0 aliphatic carbocycles. The minimum Gasteiger partial charge on any atom is -0.444 e. The lowest BCUT2D eigenvalue weighted by Gasteiger charge is -2.24. The second-order valence-electron chi connectivity index (χ2n) is 6.09. The monoisotopic (exact) mass is 312 g/mol. The number of carbonyl (C=O) groups excluding carboxylic acids is 1. The fourth-order valence-corrected chi connectivity index (χ4v) is 2.30. The molecule has 0 radical (unpaired) electrons. The van der Waals surface area contributed by atoms with Crippen molar-refractivity contribution in [3.05, 3.63) is 23.2 Å². The number of aromatic nitrogens is 2. The number of amides is 1. The maximum atomic E-state index is 12.0. The Hall–Kier alpha value is -1.40. The summed E-state index contributed by atoms with van der Waals surface area (Å²) in [6, 6.07) is 0.218. The number of ether oxygens (including phenoxy) is 1. The van der Waals surface area contributed by atoms with Crippen LogP contribution in [0.1, 0.15) is 32.9 Å². The van der Waals surface area contributed by atoms with Crippen LogP contribution in [0, 0.1) is 0 Å². The van der Waals surface area contributed by atoms with Crippen LogP contribution < -0.4 is 5.32 Å². The van der Waals surface area contributed by atoms with Crippen molar-refractivity contribution in [3.63, 3.8) is 0 Å². The van der Waals surface area contributed by atoms with Crippen molar-refractivity contribution in [2.45, 2.75) is 45.4 Å². The molecule has 2 rings (SSSR count). The molecule has 1 saturated heterocycles. The van der Waals surface area contributed by atoms with Gasteiger partial charge in [0, 0.05) is 38.1 Å². The Labute approximate surface area is 129 Å². The zero-order valence-corrected chi connectivity index (χ0v) is 13.4. The minimum absolute atomic E-state index is 0.218. The Morgan fingerprint density at radius 3 is 2.86 bits per heavy atom. The SMILES string of the molecule is CC(C)(C)OC(=O)N1CC[C@H](NCc2nccnc2Cl)C1. The summed E-state index contributed by atoms with van der Waals surface area (Å²) in [5.41, 5.74) is 0.255. The van der Waals surface area contributed by atoms with E-state index in [1.165, 1.54) is 0 Å². The number of nitrogens with one attached hydrogen (secondary N) is 1. The molecule has 1 aromatic rings. The van der Waals surface area contributed by atoms with Gasteiger partial charge in [-0.3, -0.25) is 4.98 Å². The molecule has 1 atom stereocenters. The van der Waals surface area contributed by atoms with E-state index in [4.69, 9.17) is 16.3 Å². The van der Waals surface area contributed by atoms with Gasteiger partial charge >= 0.3 is 6.09 Å². The van der Waals surface area contributed by atoms with Crippen LogP contribution in [-0.2, 0) is 11.3 Å². The van der Waals surface area contributed by atoms with E-state index in [2.05, 4.69) is 15.3 Å². The summed E-state index contributed by atoms with van der Waals surface area (Å²) in [6.45, 7) is 7.47. The first-order valence-electron chi connectivity index (χ1n) is 7.02. The third-order valence-electron chi connectivity index (χ3n) is 3.12. The maximum Gasteiger partial charge on any atom is 0.410 e. The van der Waals surface area contributed by atoms with E-state index in [0.29, 0.717) is 24.8 Å². The summed E-state index contributed by atoms with van der Waals surface area (Å²) in [5.74, 6) is 0. The second kappa shape index (κ2) is 6.58. The number of carbonyl (C=O) groups is 1. The smallest absolute Gasteiger partial charge is 0.410 e. The highest BCUT2D eigenvalue weighted by molar-refractivity contribution is 6.29. The lowest BCUT2D eigenvalue weighted by Crippen LogP contribution is -2.38. The van der Waals surface area contributed by atoms with Gasteiger partial charge in [0.1, 0.15) is 5.60 Å². The fraction of sp³-hybridized carbons (Fsp3) is 0.643. The molecule has 21 heavy (non-hydrogen) atoms. The van der Waals surface area contributed by atoms with Gasteiger partial charge in [-0.25, -0.2) is 9.78 Å². The molecule has 2 heterocycles. The molecular weight excluding hydrogens is 292 g/mol. The molecule has 1 aromatic heterocycles. The summed E-state index contributed by atoms with van der Waals surface area (Å²) < 4.78 is 5.37. The molecule has 1 aliphatic heterocycles. The number of nitrogens with zero attached hydrogens (tertiary/aromatic N) is 3. The quantitative estimate of drug-likeness (QED) is 0.927. The zero-order valence-electron chi connectivity index (χ0n) is 12.6. The zero-order chi connectivity index (χ0) is 15.5. The molecule has 1 aliphatic rings. The highest BCUT2D eigenvalue weighted by Crippen LogP contribution is 2.16. The molecular formula is C14H21ClN4O2. The highest BCUT2D eigenvalue weighted by atomic mass is 35.5. The van der Waals surface area contributed by atoms with Gasteiger partial charge in [-0.1, -0.05) is 11.6 Å². The van der Waals surface area contributed by atoms with Crippen molar-refractivity contribution in [2.75, 3.05) is 13.1 Å². The van der Waals surface area contributed by atoms with E-state index in [1.807, 2.05) is 20.8 Å². The van der Waals surface area contributed by atoms with Gasteiger partial charge in [-0.05, 0) is 27.2 Å². The number of rotatable bonds is 3. The normalized spacial score (nSPS) is 18.9. The van der Waals surface area contributed by atoms with Crippen molar-refractivity contribution >= 4 is 17.7 Å². The second-order valence-corrected chi connectivity index (χ2v) is 6.44. The number of halogens is 1. The van der Waals surface area contributed by atoms with Gasteiger partial charge in [0.25, 0.3) is 0 Å². The van der Waals surface area contributed by atoms with Crippen LogP contribution in [0.2, 0.25) is 5.15 Å². The van der Waals surface area contributed by atoms with Gasteiger partial charge in [0.05, 0.1) is 5.69 Å². The van der Waals surface area contributed by atoms with Crippen LogP contribution in [0.25, 0.3) is 0 Å². The van der Waals surface area contributed by atoms with Crippen molar-refractivity contribution in [3.8, 4) is 0 Å². The Kier molecular flexibility index (Phi) is 5.00. The van der Waals surface area contributed by atoms with Crippen molar-refractivity contribution in [1.82, 2.24) is 20.2 Å². The molecule has 0 aromatic carbocycles. The average molecular weight is 313 g/mol. The van der Waals surface area contributed by atoms with E-state index in [-0.39, 0.29) is 12.1 Å². The molecule has 0 spiro atoms. The molecule has 1 fully saturated rings. The van der Waals surface area contributed by atoms with Crippen LogP contribution in [0.5, 0.6) is 0 Å². The molecule has 0 bridgehead atoms. The van der Waals surface area contributed by atoms with Crippen molar-refractivity contribution in [2.24, 2.45) is 0 Å². The topological polar surface area (TPSA) is 67.3 Å². The van der Waals surface area contributed by atoms with E-state index >= 15 is 0 Å². The van der Waals surface area contributed by atoms with Gasteiger partial charge in [0.2, 0.25) is 0 Å². The predicted octanol–water partition coefficient (Wildman–Crippen LogP) is 2.23. The summed E-state index contributed by atoms with van der Waals surface area (Å²) in [5, 5.41) is 3.76. The molecule has 0 unspecified atom stereocenters. The van der Waals surface area contributed by atoms with Crippen LogP contribution in [-0.4, -0.2) is 45.7 Å². The van der Waals surface area contributed by atoms with Gasteiger partial charge < -0.3 is 15.0 Å². The Balaban J connectivity index is 1.80. The largest absolute Gasteiger partial charge is 0.444 e. The number of likely N-dealkylation sites (tertiary alicyclic amines) is 1. The van der Waals surface area contributed by atoms with E-state index in [0.717, 1.165) is 12.1 Å². The lowest BCUT2D eigenvalue weighted by atomic mass is 10.2. The lowest BCUT2D eigenvalue weighted by molar-refractivity contribution is 0.0291. The molecule has 7 heteroatoms. The van der Waals surface area contributed by atoms with Gasteiger partial charge in [0.15, 0.2) is 5.15 Å². The van der Waals surface area contributed by atoms with E-state index in [9.17, 15) is 4.79 Å². The van der Waals surface area contributed by atoms with Crippen LogP contribution >= 0.6 is 11.6 Å². The molecule has 1 N–H and O–H groups in total. The summed E-state index contributed by atoms with van der Waals surface area (Å²) in [4.78, 5) is 21.9. The first-order chi connectivity index (χ1) is 9.85. The van der Waals surface area contributed by atoms with Crippen LogP contribution in [0.15, 0.2) is 12.4 Å². The van der Waals surface area contributed by atoms with Crippen molar-refractivity contribution < 1.29 is 9.53 Å². The summed E-state index contributed by atoms with van der Waals surface area (Å²) >= 11 is 5.96. The third kappa shape index (κ3) is 4.82. The summed E-state index contributed by atoms with van der Waals surface area (Å²) in [6.07, 6.45) is 3.80. The van der Waals surface area contributed by atoms with Gasteiger partial charge in [-0.15, -0.1) is 0 Å². The minimum atomic E-state index is -0.463. The average Bonchev–Trinajstić information content (AvgIpc) is 2.85. The molecule has 6 nitrogen and oxygen atoms in total. The Bertz CT molecular complexity index is 504. The highest BCUT2D eigenvalue weighted by Gasteiger charge is 2.29. The maximum absolute atomic E-state index is 12.0. The Morgan fingerprint density at radius 1 is 1.48 bits per heavy atom. The summed E-state index contributed by atoms with van der Waals surface area (Å²) in [7, 11) is 0. The van der Waals surface area contributed by atoms with E-state index < -0.39 is 5.60 Å². The molecule has 0 saturated carbocycles. The molecule has 116 valence electrons. The van der Waals surface area contributed by atoms with Crippen molar-refractivity contribution in [1.29, 1.82) is 0 Å². The van der Waals surface area contributed by atoms with E-state index in [1.54, 1.807) is 17.3 Å². The number of hydrogen-bond acceptors (Lipinski definition) is 5. The first-order valence-corrected chi connectivity index (χ1v) is 7.39. The molecule has 1 amide bonds. The van der Waals surface area contributed by atoms with Gasteiger partial charge in [-0.2, -0.15) is 0 Å². The van der Waals surface area contributed by atoms with Crippen LogP contribution in [0.3, 0.4) is 0 Å². The standard InChI is InChI=1S/C14H21ClN4O2/c1-14(2,3)21-13(20)19-7-4-10(9-19)18-8-11-12(15)17-6-5-16-11/h5-6,10,18H,4,7-9H2,1-3H3/t10-/m0/s1.